The first-order valence-corrected chi connectivity index (χ1v) is 9.51. The van der Waals surface area contributed by atoms with Crippen molar-refractivity contribution in [3.8, 4) is 0 Å². The van der Waals surface area contributed by atoms with Crippen LogP contribution in [0.5, 0.6) is 0 Å². The molecule has 0 aliphatic carbocycles. The van der Waals surface area contributed by atoms with E-state index >= 15 is 0 Å². The highest BCUT2D eigenvalue weighted by Gasteiger charge is 2.07. The van der Waals surface area contributed by atoms with Gasteiger partial charge in [0.2, 0.25) is 5.95 Å². The molecule has 4 rings (SSSR count). The molecule has 28 heavy (non-hydrogen) atoms. The van der Waals surface area contributed by atoms with E-state index in [1.54, 1.807) is 6.20 Å². The molecule has 0 atom stereocenters. The number of rotatable bonds is 8. The Morgan fingerprint density at radius 2 is 1.86 bits per heavy atom. The second-order valence-corrected chi connectivity index (χ2v) is 6.81. The van der Waals surface area contributed by atoms with Crippen LogP contribution in [0.3, 0.4) is 0 Å². The monoisotopic (exact) mass is 372 g/mol. The van der Waals surface area contributed by atoms with Crippen molar-refractivity contribution in [3.63, 3.8) is 0 Å². The summed E-state index contributed by atoms with van der Waals surface area (Å²) in [7, 11) is 2.02. The second-order valence-electron chi connectivity index (χ2n) is 6.81. The summed E-state index contributed by atoms with van der Waals surface area (Å²) in [5, 5.41) is 4.70. The third-order valence-electron chi connectivity index (χ3n) is 4.84. The van der Waals surface area contributed by atoms with E-state index in [0.717, 1.165) is 37.7 Å². The number of nitrogens with one attached hydrogen (secondary N) is 2. The van der Waals surface area contributed by atoms with Gasteiger partial charge in [0.05, 0.1) is 0 Å². The van der Waals surface area contributed by atoms with Crippen LogP contribution in [0, 0.1) is 0 Å². The molecule has 3 heterocycles. The number of aromatic nitrogens is 4. The van der Waals surface area contributed by atoms with E-state index < -0.39 is 0 Å². The first-order chi connectivity index (χ1) is 13.8. The van der Waals surface area contributed by atoms with Crippen molar-refractivity contribution < 1.29 is 0 Å². The summed E-state index contributed by atoms with van der Waals surface area (Å²) in [4.78, 5) is 18.5. The van der Waals surface area contributed by atoms with Gasteiger partial charge in [-0.1, -0.05) is 18.2 Å². The highest BCUT2D eigenvalue weighted by atomic mass is 15.2. The molecule has 0 aliphatic rings. The van der Waals surface area contributed by atoms with Gasteiger partial charge in [0.15, 0.2) is 0 Å². The van der Waals surface area contributed by atoms with Crippen LogP contribution in [0.25, 0.3) is 10.9 Å². The normalized spacial score (nSPS) is 10.9. The van der Waals surface area contributed by atoms with Crippen LogP contribution in [0.15, 0.2) is 67.3 Å². The van der Waals surface area contributed by atoms with E-state index in [2.05, 4.69) is 60.6 Å². The molecule has 4 aromatic rings. The number of fused-ring (bicyclic) bond motifs is 1. The molecule has 2 N–H and O–H groups in total. The molecule has 0 amide bonds. The maximum absolute atomic E-state index is 4.65. The minimum Gasteiger partial charge on any atom is -0.370 e. The fourth-order valence-electron chi connectivity index (χ4n) is 3.24. The number of H-pyrrole nitrogens is 1. The SMILES string of the molecule is CN(CCc1ccncc1)c1nccc(NCCc2c[nH]c3ccccc23)n1. The number of aromatic amines is 1. The fourth-order valence-corrected chi connectivity index (χ4v) is 3.24. The largest absolute Gasteiger partial charge is 0.370 e. The molecule has 3 aromatic heterocycles. The van der Waals surface area contributed by atoms with Crippen molar-refractivity contribution in [2.45, 2.75) is 12.8 Å². The Morgan fingerprint density at radius 3 is 2.75 bits per heavy atom. The Hall–Kier alpha value is -3.41. The van der Waals surface area contributed by atoms with Gasteiger partial charge in [-0.25, -0.2) is 4.98 Å². The molecule has 6 nitrogen and oxygen atoms in total. The van der Waals surface area contributed by atoms with E-state index in [-0.39, 0.29) is 0 Å². The average Bonchev–Trinajstić information content (AvgIpc) is 3.16. The molecule has 0 radical (unpaired) electrons. The van der Waals surface area contributed by atoms with E-state index in [4.69, 9.17) is 0 Å². The second kappa shape index (κ2) is 8.52. The highest BCUT2D eigenvalue weighted by molar-refractivity contribution is 5.83. The van der Waals surface area contributed by atoms with Gasteiger partial charge in [0, 0.05) is 55.8 Å². The van der Waals surface area contributed by atoms with Gasteiger partial charge in [0.25, 0.3) is 0 Å². The zero-order valence-electron chi connectivity index (χ0n) is 16.0. The van der Waals surface area contributed by atoms with E-state index in [9.17, 15) is 0 Å². The van der Waals surface area contributed by atoms with Crippen molar-refractivity contribution in [2.24, 2.45) is 0 Å². The molecule has 142 valence electrons. The molecule has 0 aliphatic heterocycles. The summed E-state index contributed by atoms with van der Waals surface area (Å²) in [6, 6.07) is 14.4. The van der Waals surface area contributed by atoms with Crippen molar-refractivity contribution in [1.29, 1.82) is 0 Å². The van der Waals surface area contributed by atoms with Crippen molar-refractivity contribution >= 4 is 22.7 Å². The van der Waals surface area contributed by atoms with E-state index in [0.29, 0.717) is 0 Å². The summed E-state index contributed by atoms with van der Waals surface area (Å²) < 4.78 is 0. The molecule has 0 unspecified atom stereocenters. The predicted molar refractivity (Wildman–Crippen MR) is 114 cm³/mol. The minimum atomic E-state index is 0.728. The smallest absolute Gasteiger partial charge is 0.226 e. The number of nitrogens with zero attached hydrogens (tertiary/aromatic N) is 4. The van der Waals surface area contributed by atoms with Crippen LogP contribution in [0.2, 0.25) is 0 Å². The Bertz CT molecular complexity index is 1030. The number of anilines is 2. The zero-order chi connectivity index (χ0) is 19.2. The van der Waals surface area contributed by atoms with Gasteiger partial charge in [0.1, 0.15) is 5.82 Å². The quantitative estimate of drug-likeness (QED) is 0.494. The molecule has 0 spiro atoms. The molecule has 0 saturated heterocycles. The first-order valence-electron chi connectivity index (χ1n) is 9.51. The summed E-state index contributed by atoms with van der Waals surface area (Å²) in [5.41, 5.74) is 3.75. The summed E-state index contributed by atoms with van der Waals surface area (Å²) in [5.74, 6) is 1.58. The standard InChI is InChI=1S/C22H24N6/c1-28(15-10-17-6-11-23-12-7-17)22-25-14-9-21(27-22)24-13-8-18-16-26-20-5-3-2-4-19(18)20/h2-7,9,11-12,14,16,26H,8,10,13,15H2,1H3,(H,24,25,27). The Kier molecular flexibility index (Phi) is 5.47. The third kappa shape index (κ3) is 4.28. The first kappa shape index (κ1) is 18.0. The van der Waals surface area contributed by atoms with Crippen LogP contribution in [-0.2, 0) is 12.8 Å². The molecular formula is C22H24N6. The Morgan fingerprint density at radius 1 is 1.00 bits per heavy atom. The molecular weight excluding hydrogens is 348 g/mol. The fraction of sp³-hybridized carbons (Fsp3) is 0.227. The molecule has 0 fully saturated rings. The van der Waals surface area contributed by atoms with Crippen LogP contribution in [0.1, 0.15) is 11.1 Å². The minimum absolute atomic E-state index is 0.728. The van der Waals surface area contributed by atoms with Crippen molar-refractivity contribution in [2.75, 3.05) is 30.4 Å². The van der Waals surface area contributed by atoms with Gasteiger partial charge < -0.3 is 15.2 Å². The van der Waals surface area contributed by atoms with Gasteiger partial charge in [-0.3, -0.25) is 4.98 Å². The molecule has 0 bridgehead atoms. The van der Waals surface area contributed by atoms with Crippen LogP contribution in [0.4, 0.5) is 11.8 Å². The van der Waals surface area contributed by atoms with Crippen LogP contribution < -0.4 is 10.2 Å². The van der Waals surface area contributed by atoms with Crippen LogP contribution in [-0.4, -0.2) is 40.1 Å². The zero-order valence-corrected chi connectivity index (χ0v) is 16.0. The maximum atomic E-state index is 4.65. The van der Waals surface area contributed by atoms with Gasteiger partial charge >= 0.3 is 0 Å². The lowest BCUT2D eigenvalue weighted by Gasteiger charge is -2.17. The predicted octanol–water partition coefficient (Wildman–Crippen LogP) is 3.69. The highest BCUT2D eigenvalue weighted by Crippen LogP contribution is 2.18. The molecule has 1 aromatic carbocycles. The topological polar surface area (TPSA) is 69.7 Å². The number of hydrogen-bond donors (Lipinski definition) is 2. The Balaban J connectivity index is 1.33. The summed E-state index contributed by atoms with van der Waals surface area (Å²) >= 11 is 0. The number of para-hydroxylation sites is 1. The molecule has 6 heteroatoms. The average molecular weight is 372 g/mol. The van der Waals surface area contributed by atoms with E-state index in [1.165, 1.54) is 22.0 Å². The van der Waals surface area contributed by atoms with E-state index in [1.807, 2.05) is 37.6 Å². The molecule has 0 saturated carbocycles. The maximum Gasteiger partial charge on any atom is 0.226 e. The van der Waals surface area contributed by atoms with Gasteiger partial charge in [-0.05, 0) is 48.2 Å². The number of hydrogen-bond acceptors (Lipinski definition) is 5. The van der Waals surface area contributed by atoms with Crippen LogP contribution >= 0.6 is 0 Å². The van der Waals surface area contributed by atoms with Crippen molar-refractivity contribution in [1.82, 2.24) is 19.9 Å². The summed E-state index contributed by atoms with van der Waals surface area (Å²) in [6.07, 6.45) is 9.40. The number of likely N-dealkylation sites (N-methyl/N-ethyl adjacent to an activating group) is 1. The third-order valence-corrected chi connectivity index (χ3v) is 4.84. The number of benzene rings is 1. The van der Waals surface area contributed by atoms with Gasteiger partial charge in [-0.2, -0.15) is 4.98 Å². The van der Waals surface area contributed by atoms with Gasteiger partial charge in [-0.15, -0.1) is 0 Å². The number of pyridine rings is 1. The van der Waals surface area contributed by atoms with Crippen molar-refractivity contribution in [3.05, 3.63) is 78.4 Å². The summed E-state index contributed by atoms with van der Waals surface area (Å²) in [6.45, 7) is 1.67. The lowest BCUT2D eigenvalue weighted by Crippen LogP contribution is -2.23. The lowest BCUT2D eigenvalue weighted by atomic mass is 10.1. The lowest BCUT2D eigenvalue weighted by molar-refractivity contribution is 0.836. The Labute approximate surface area is 164 Å².